The van der Waals surface area contributed by atoms with E-state index in [1.54, 1.807) is 25.3 Å². The predicted octanol–water partition coefficient (Wildman–Crippen LogP) is 2.49. The van der Waals surface area contributed by atoms with Crippen LogP contribution in [0.5, 0.6) is 5.75 Å². The minimum Gasteiger partial charge on any atom is -0.497 e. The maximum atomic E-state index is 12.4. The first-order valence-electron chi connectivity index (χ1n) is 9.71. The zero-order valence-electron chi connectivity index (χ0n) is 18.1. The fourth-order valence-electron chi connectivity index (χ4n) is 2.65. The Morgan fingerprint density at radius 3 is 2.48 bits per heavy atom. The van der Waals surface area contributed by atoms with Crippen molar-refractivity contribution in [3.05, 3.63) is 59.7 Å². The van der Waals surface area contributed by atoms with Crippen molar-refractivity contribution >= 4 is 40.0 Å². The third kappa shape index (κ3) is 9.42. The molecule has 0 bridgehead atoms. The Morgan fingerprint density at radius 2 is 1.77 bits per heavy atom. The van der Waals surface area contributed by atoms with Crippen LogP contribution in [-0.4, -0.2) is 48.3 Å². The van der Waals surface area contributed by atoms with E-state index in [9.17, 15) is 8.42 Å². The Balaban J connectivity index is 0.00000480. The molecule has 2 rings (SSSR count). The summed E-state index contributed by atoms with van der Waals surface area (Å²) in [5, 5.41) is 6.47. The third-order valence-electron chi connectivity index (χ3n) is 4.17. The first-order valence-corrected chi connectivity index (χ1v) is 11.2. The molecule has 3 N–H and O–H groups in total. The minimum atomic E-state index is -3.58. The molecule has 0 unspecified atom stereocenters. The van der Waals surface area contributed by atoms with Gasteiger partial charge in [0.05, 0.1) is 25.2 Å². The van der Waals surface area contributed by atoms with Crippen molar-refractivity contribution < 1.29 is 17.9 Å². The molecule has 0 heterocycles. The summed E-state index contributed by atoms with van der Waals surface area (Å²) in [6.07, 6.45) is 0. The van der Waals surface area contributed by atoms with Crippen LogP contribution in [0.3, 0.4) is 0 Å². The van der Waals surface area contributed by atoms with Gasteiger partial charge in [-0.25, -0.2) is 18.1 Å². The molecule has 2 aromatic carbocycles. The van der Waals surface area contributed by atoms with Crippen molar-refractivity contribution in [2.75, 3.05) is 33.9 Å². The number of halogens is 1. The molecule has 0 radical (unpaired) electrons. The van der Waals surface area contributed by atoms with Crippen molar-refractivity contribution in [1.29, 1.82) is 0 Å². The number of ether oxygens (including phenoxy) is 2. The van der Waals surface area contributed by atoms with Gasteiger partial charge in [0, 0.05) is 26.7 Å². The van der Waals surface area contributed by atoms with Gasteiger partial charge < -0.3 is 20.1 Å². The normalized spacial score (nSPS) is 11.5. The average Bonchev–Trinajstić information content (AvgIpc) is 2.76. The van der Waals surface area contributed by atoms with Crippen LogP contribution in [0.25, 0.3) is 0 Å². The average molecular weight is 562 g/mol. The Bertz CT molecular complexity index is 938. The van der Waals surface area contributed by atoms with Crippen LogP contribution in [0.4, 0.5) is 0 Å². The molecule has 0 saturated carbocycles. The van der Waals surface area contributed by atoms with Crippen LogP contribution in [0.15, 0.2) is 58.4 Å². The van der Waals surface area contributed by atoms with Gasteiger partial charge in [-0.05, 0) is 42.3 Å². The molecule has 2 aromatic rings. The summed E-state index contributed by atoms with van der Waals surface area (Å²) < 4.78 is 37.4. The largest absolute Gasteiger partial charge is 0.497 e. The molecule has 31 heavy (non-hydrogen) atoms. The van der Waals surface area contributed by atoms with Gasteiger partial charge in [-0.2, -0.15) is 0 Å². The van der Waals surface area contributed by atoms with Crippen LogP contribution in [0.2, 0.25) is 0 Å². The van der Waals surface area contributed by atoms with E-state index in [0.717, 1.165) is 16.9 Å². The number of methoxy groups -OCH3 is 2. The second-order valence-corrected chi connectivity index (χ2v) is 8.21. The third-order valence-corrected chi connectivity index (χ3v) is 5.62. The molecule has 0 saturated heterocycles. The van der Waals surface area contributed by atoms with Gasteiger partial charge in [-0.15, -0.1) is 24.0 Å². The van der Waals surface area contributed by atoms with Gasteiger partial charge in [-0.3, -0.25) is 0 Å². The van der Waals surface area contributed by atoms with Crippen molar-refractivity contribution in [3.63, 3.8) is 0 Å². The van der Waals surface area contributed by atoms with Gasteiger partial charge in [0.2, 0.25) is 10.0 Å². The first kappa shape index (κ1) is 27.1. The molecular weight excluding hydrogens is 531 g/mol. The molecule has 0 aromatic heterocycles. The number of nitrogens with one attached hydrogen (secondary N) is 3. The summed E-state index contributed by atoms with van der Waals surface area (Å²) in [4.78, 5) is 4.78. The molecule has 0 aliphatic rings. The highest BCUT2D eigenvalue weighted by Crippen LogP contribution is 2.13. The fraction of sp³-hybridized carbons (Fsp3) is 0.381. The lowest BCUT2D eigenvalue weighted by molar-refractivity contribution is 0.204. The van der Waals surface area contributed by atoms with Crippen molar-refractivity contribution in [3.8, 4) is 5.75 Å². The lowest BCUT2D eigenvalue weighted by Crippen LogP contribution is -2.36. The zero-order chi connectivity index (χ0) is 21.8. The summed E-state index contributed by atoms with van der Waals surface area (Å²) in [6.45, 7) is 4.16. The first-order chi connectivity index (χ1) is 14.5. The van der Waals surface area contributed by atoms with E-state index < -0.39 is 10.0 Å². The van der Waals surface area contributed by atoms with Crippen molar-refractivity contribution in [2.45, 2.75) is 24.9 Å². The number of benzene rings is 2. The van der Waals surface area contributed by atoms with E-state index in [1.165, 1.54) is 7.11 Å². The van der Waals surface area contributed by atoms with E-state index in [0.29, 0.717) is 32.2 Å². The van der Waals surface area contributed by atoms with E-state index in [2.05, 4.69) is 20.3 Å². The van der Waals surface area contributed by atoms with Crippen LogP contribution in [0, 0.1) is 0 Å². The van der Waals surface area contributed by atoms with Gasteiger partial charge >= 0.3 is 0 Å². The predicted molar refractivity (Wildman–Crippen MR) is 134 cm³/mol. The van der Waals surface area contributed by atoms with Crippen molar-refractivity contribution in [1.82, 2.24) is 15.4 Å². The number of nitrogens with zero attached hydrogens (tertiary/aromatic N) is 1. The standard InChI is InChI=1S/C21H30N4O4S.HI/c1-4-22-21(23-15-17-7-5-9-19(13-17)29-3)24-16-18-8-6-10-20(14-18)30(26,27)25-11-12-28-2;/h5-10,13-14,25H,4,11-12,15-16H2,1-3H3,(H2,22,23,24);1H. The Labute approximate surface area is 201 Å². The summed E-state index contributed by atoms with van der Waals surface area (Å²) in [5.41, 5.74) is 1.86. The topological polar surface area (TPSA) is 101 Å². The molecule has 0 aliphatic heterocycles. The molecule has 10 heteroatoms. The molecule has 0 aliphatic carbocycles. The quantitative estimate of drug-likeness (QED) is 0.169. The molecule has 172 valence electrons. The molecule has 8 nitrogen and oxygen atoms in total. The van der Waals surface area contributed by atoms with Gasteiger partial charge in [-0.1, -0.05) is 24.3 Å². The van der Waals surface area contributed by atoms with Crippen LogP contribution >= 0.6 is 24.0 Å². The number of sulfonamides is 1. The second-order valence-electron chi connectivity index (χ2n) is 6.44. The summed E-state index contributed by atoms with van der Waals surface area (Å²) in [6, 6.07) is 14.6. The molecule has 0 atom stereocenters. The lowest BCUT2D eigenvalue weighted by atomic mass is 10.2. The monoisotopic (exact) mass is 562 g/mol. The minimum absolute atomic E-state index is 0. The van der Waals surface area contributed by atoms with Crippen molar-refractivity contribution in [2.24, 2.45) is 4.99 Å². The highest BCUT2D eigenvalue weighted by atomic mass is 127. The highest BCUT2D eigenvalue weighted by Gasteiger charge is 2.13. The summed E-state index contributed by atoms with van der Waals surface area (Å²) in [7, 11) is -0.415. The number of hydrogen-bond acceptors (Lipinski definition) is 5. The van der Waals surface area contributed by atoms with Crippen LogP contribution in [0.1, 0.15) is 18.1 Å². The molecular formula is C21H31IN4O4S. The summed E-state index contributed by atoms with van der Waals surface area (Å²) >= 11 is 0. The van der Waals surface area contributed by atoms with Crippen LogP contribution in [-0.2, 0) is 27.8 Å². The summed E-state index contributed by atoms with van der Waals surface area (Å²) in [5.74, 6) is 1.44. The molecule has 0 fully saturated rings. The molecule has 0 spiro atoms. The number of guanidine groups is 1. The van der Waals surface area contributed by atoms with E-state index in [4.69, 9.17) is 9.47 Å². The number of rotatable bonds is 11. The molecule has 0 amide bonds. The van der Waals surface area contributed by atoms with E-state index in [1.807, 2.05) is 37.3 Å². The number of hydrogen-bond donors (Lipinski definition) is 3. The van der Waals surface area contributed by atoms with E-state index in [-0.39, 0.29) is 35.4 Å². The Kier molecular flexibility index (Phi) is 12.5. The zero-order valence-corrected chi connectivity index (χ0v) is 21.2. The van der Waals surface area contributed by atoms with Gasteiger partial charge in [0.25, 0.3) is 0 Å². The lowest BCUT2D eigenvalue weighted by Gasteiger charge is -2.12. The van der Waals surface area contributed by atoms with Gasteiger partial charge in [0.15, 0.2) is 5.96 Å². The smallest absolute Gasteiger partial charge is 0.240 e. The van der Waals surface area contributed by atoms with E-state index >= 15 is 0 Å². The maximum absolute atomic E-state index is 12.4. The SMILES string of the molecule is CCNC(=NCc1cccc(S(=O)(=O)NCCOC)c1)NCc1cccc(OC)c1.I. The second kappa shape index (κ2) is 14.2. The Morgan fingerprint density at radius 1 is 1.03 bits per heavy atom. The maximum Gasteiger partial charge on any atom is 0.240 e. The number of aliphatic imine (C=N–C) groups is 1. The highest BCUT2D eigenvalue weighted by molar-refractivity contribution is 14.0. The van der Waals surface area contributed by atoms with Gasteiger partial charge in [0.1, 0.15) is 5.75 Å². The Hall–Kier alpha value is -1.89. The fourth-order valence-corrected chi connectivity index (χ4v) is 3.74. The van der Waals surface area contributed by atoms with Crippen LogP contribution < -0.4 is 20.1 Å².